The van der Waals surface area contributed by atoms with Crippen LogP contribution in [-0.2, 0) is 0 Å². The molecular formula is C14H16FN3. The molecule has 2 rings (SSSR count). The van der Waals surface area contributed by atoms with Gasteiger partial charge in [-0.05, 0) is 37.1 Å². The average molecular weight is 245 g/mol. The quantitative estimate of drug-likeness (QED) is 0.645. The maximum atomic E-state index is 13.8. The molecular weight excluding hydrogens is 229 g/mol. The summed E-state index contributed by atoms with van der Waals surface area (Å²) in [4.78, 5) is 4.07. The molecule has 1 aromatic carbocycles. The highest BCUT2D eigenvalue weighted by Crippen LogP contribution is 2.25. The van der Waals surface area contributed by atoms with Gasteiger partial charge in [0.05, 0.1) is 11.7 Å². The fraction of sp³-hybridized carbons (Fsp3) is 0.214. The Labute approximate surface area is 106 Å². The van der Waals surface area contributed by atoms with Crippen molar-refractivity contribution in [1.29, 1.82) is 0 Å². The van der Waals surface area contributed by atoms with Crippen LogP contribution in [0.4, 0.5) is 4.39 Å². The van der Waals surface area contributed by atoms with Gasteiger partial charge in [-0.25, -0.2) is 9.82 Å². The fourth-order valence-electron chi connectivity index (χ4n) is 2.08. The Balaban J connectivity index is 2.49. The Bertz CT molecular complexity index is 554. The number of rotatable bonds is 3. The van der Waals surface area contributed by atoms with Gasteiger partial charge in [-0.15, -0.1) is 0 Å². The van der Waals surface area contributed by atoms with E-state index in [-0.39, 0.29) is 5.82 Å². The summed E-state index contributed by atoms with van der Waals surface area (Å²) in [6.45, 7) is 4.00. The Morgan fingerprint density at radius 2 is 2.06 bits per heavy atom. The van der Waals surface area contributed by atoms with Crippen LogP contribution in [-0.4, -0.2) is 4.98 Å². The first-order valence-corrected chi connectivity index (χ1v) is 5.77. The van der Waals surface area contributed by atoms with Crippen molar-refractivity contribution in [3.8, 4) is 0 Å². The van der Waals surface area contributed by atoms with Gasteiger partial charge in [-0.1, -0.05) is 23.8 Å². The smallest absolute Gasteiger partial charge is 0.146 e. The molecule has 0 aliphatic carbocycles. The number of hydrogen-bond donors (Lipinski definition) is 2. The Morgan fingerprint density at radius 3 is 2.67 bits per heavy atom. The number of aryl methyl sites for hydroxylation is 2. The van der Waals surface area contributed by atoms with Crippen molar-refractivity contribution >= 4 is 0 Å². The van der Waals surface area contributed by atoms with Gasteiger partial charge in [0.2, 0.25) is 0 Å². The van der Waals surface area contributed by atoms with Crippen LogP contribution in [0.1, 0.15) is 28.4 Å². The molecule has 18 heavy (non-hydrogen) atoms. The van der Waals surface area contributed by atoms with E-state index < -0.39 is 6.04 Å². The molecule has 0 radical (unpaired) electrons. The van der Waals surface area contributed by atoms with E-state index in [0.29, 0.717) is 5.69 Å². The van der Waals surface area contributed by atoms with E-state index in [1.54, 1.807) is 12.3 Å². The number of aromatic nitrogens is 1. The Morgan fingerprint density at radius 1 is 1.28 bits per heavy atom. The molecule has 94 valence electrons. The van der Waals surface area contributed by atoms with Gasteiger partial charge in [0.15, 0.2) is 0 Å². The predicted octanol–water partition coefficient (Wildman–Crippen LogP) is 2.39. The number of hydrazine groups is 1. The number of nitrogens with two attached hydrogens (primary N) is 1. The zero-order valence-electron chi connectivity index (χ0n) is 10.4. The first-order valence-electron chi connectivity index (χ1n) is 5.77. The standard InChI is InChI=1S/C14H16FN3/c1-9-5-6-11(10(2)8-9)13(18-16)14-12(15)4-3-7-17-14/h3-8,13,18H,16H2,1-2H3. The number of nitrogens with one attached hydrogen (secondary N) is 1. The van der Waals surface area contributed by atoms with Gasteiger partial charge in [0.1, 0.15) is 5.82 Å². The second kappa shape index (κ2) is 5.25. The molecule has 0 fully saturated rings. The molecule has 1 aromatic heterocycles. The van der Waals surface area contributed by atoms with Crippen LogP contribution in [0.25, 0.3) is 0 Å². The minimum Gasteiger partial charge on any atom is -0.271 e. The van der Waals surface area contributed by atoms with Crippen LogP contribution in [0.2, 0.25) is 0 Å². The van der Waals surface area contributed by atoms with Crippen molar-refractivity contribution in [1.82, 2.24) is 10.4 Å². The highest BCUT2D eigenvalue weighted by atomic mass is 19.1. The summed E-state index contributed by atoms with van der Waals surface area (Å²) in [5, 5.41) is 0. The fourth-order valence-corrected chi connectivity index (χ4v) is 2.08. The first-order chi connectivity index (χ1) is 8.63. The molecule has 3 nitrogen and oxygen atoms in total. The van der Waals surface area contributed by atoms with Gasteiger partial charge in [-0.3, -0.25) is 10.8 Å². The van der Waals surface area contributed by atoms with E-state index in [9.17, 15) is 4.39 Å². The van der Waals surface area contributed by atoms with Crippen LogP contribution >= 0.6 is 0 Å². The number of halogens is 1. The lowest BCUT2D eigenvalue weighted by atomic mass is 9.97. The summed E-state index contributed by atoms with van der Waals surface area (Å²) in [6.07, 6.45) is 1.56. The molecule has 0 amide bonds. The summed E-state index contributed by atoms with van der Waals surface area (Å²) in [5.41, 5.74) is 6.10. The number of hydrogen-bond acceptors (Lipinski definition) is 3. The zero-order chi connectivity index (χ0) is 13.1. The summed E-state index contributed by atoms with van der Waals surface area (Å²) >= 11 is 0. The molecule has 3 N–H and O–H groups in total. The van der Waals surface area contributed by atoms with Crippen LogP contribution in [0.3, 0.4) is 0 Å². The van der Waals surface area contributed by atoms with E-state index in [2.05, 4.69) is 10.4 Å². The van der Waals surface area contributed by atoms with Crippen molar-refractivity contribution in [3.63, 3.8) is 0 Å². The Kier molecular flexibility index (Phi) is 3.69. The summed E-state index contributed by atoms with van der Waals surface area (Å²) in [6, 6.07) is 8.48. The molecule has 0 aliphatic rings. The van der Waals surface area contributed by atoms with Crippen LogP contribution in [0, 0.1) is 19.7 Å². The minimum atomic E-state index is -0.438. The molecule has 0 saturated carbocycles. The minimum absolute atomic E-state index is 0.312. The first kappa shape index (κ1) is 12.7. The number of pyridine rings is 1. The van der Waals surface area contributed by atoms with Gasteiger partial charge < -0.3 is 0 Å². The van der Waals surface area contributed by atoms with Crippen molar-refractivity contribution in [2.24, 2.45) is 5.84 Å². The van der Waals surface area contributed by atoms with E-state index in [0.717, 1.165) is 16.7 Å². The lowest BCUT2D eigenvalue weighted by Gasteiger charge is -2.18. The maximum Gasteiger partial charge on any atom is 0.146 e. The van der Waals surface area contributed by atoms with Crippen LogP contribution in [0.15, 0.2) is 36.5 Å². The molecule has 2 aromatic rings. The lowest BCUT2D eigenvalue weighted by molar-refractivity contribution is 0.542. The SMILES string of the molecule is Cc1ccc(C(NN)c2ncccc2F)c(C)c1. The van der Waals surface area contributed by atoms with E-state index in [4.69, 9.17) is 5.84 Å². The van der Waals surface area contributed by atoms with Crippen molar-refractivity contribution in [2.45, 2.75) is 19.9 Å². The van der Waals surface area contributed by atoms with Gasteiger partial charge in [0, 0.05) is 6.20 Å². The van der Waals surface area contributed by atoms with E-state index >= 15 is 0 Å². The summed E-state index contributed by atoms with van der Waals surface area (Å²) < 4.78 is 13.8. The second-order valence-electron chi connectivity index (χ2n) is 4.33. The van der Waals surface area contributed by atoms with Gasteiger partial charge >= 0.3 is 0 Å². The predicted molar refractivity (Wildman–Crippen MR) is 69.3 cm³/mol. The van der Waals surface area contributed by atoms with E-state index in [1.165, 1.54) is 6.07 Å². The van der Waals surface area contributed by atoms with Gasteiger partial charge in [0.25, 0.3) is 0 Å². The van der Waals surface area contributed by atoms with Crippen LogP contribution < -0.4 is 11.3 Å². The van der Waals surface area contributed by atoms with Crippen molar-refractivity contribution in [2.75, 3.05) is 0 Å². The van der Waals surface area contributed by atoms with E-state index in [1.807, 2.05) is 32.0 Å². The van der Waals surface area contributed by atoms with Crippen LogP contribution in [0.5, 0.6) is 0 Å². The highest BCUT2D eigenvalue weighted by Gasteiger charge is 2.19. The topological polar surface area (TPSA) is 50.9 Å². The highest BCUT2D eigenvalue weighted by molar-refractivity contribution is 5.37. The molecule has 1 unspecified atom stereocenters. The summed E-state index contributed by atoms with van der Waals surface area (Å²) in [5.74, 6) is 5.20. The zero-order valence-corrected chi connectivity index (χ0v) is 10.4. The molecule has 0 bridgehead atoms. The number of benzene rings is 1. The molecule has 1 atom stereocenters. The lowest BCUT2D eigenvalue weighted by Crippen LogP contribution is -2.30. The van der Waals surface area contributed by atoms with Crippen molar-refractivity contribution in [3.05, 3.63) is 64.7 Å². The third-order valence-corrected chi connectivity index (χ3v) is 2.96. The third-order valence-electron chi connectivity index (χ3n) is 2.96. The molecule has 0 spiro atoms. The third kappa shape index (κ3) is 2.39. The second-order valence-corrected chi connectivity index (χ2v) is 4.33. The average Bonchev–Trinajstić information content (AvgIpc) is 2.34. The molecule has 0 saturated heterocycles. The molecule has 1 heterocycles. The maximum absolute atomic E-state index is 13.8. The normalized spacial score (nSPS) is 12.4. The van der Waals surface area contributed by atoms with Gasteiger partial charge in [-0.2, -0.15) is 0 Å². The monoisotopic (exact) mass is 245 g/mol. The van der Waals surface area contributed by atoms with Crippen molar-refractivity contribution < 1.29 is 4.39 Å². The molecule has 0 aliphatic heterocycles. The molecule has 4 heteroatoms. The number of nitrogens with zero attached hydrogens (tertiary/aromatic N) is 1. The largest absolute Gasteiger partial charge is 0.271 e. The summed E-state index contributed by atoms with van der Waals surface area (Å²) in [7, 11) is 0. The Hall–Kier alpha value is -1.78.